The summed E-state index contributed by atoms with van der Waals surface area (Å²) < 4.78 is 3.10. The Labute approximate surface area is 163 Å². The van der Waals surface area contributed by atoms with Crippen LogP contribution >= 0.6 is 11.6 Å². The van der Waals surface area contributed by atoms with E-state index in [-0.39, 0.29) is 23.3 Å². The minimum atomic E-state index is -0.798. The Kier molecular flexibility index (Phi) is 5.19. The van der Waals surface area contributed by atoms with Crippen molar-refractivity contribution < 1.29 is 4.79 Å². The van der Waals surface area contributed by atoms with E-state index in [9.17, 15) is 19.2 Å². The number of halogens is 1. The molecule has 28 heavy (non-hydrogen) atoms. The van der Waals surface area contributed by atoms with Gasteiger partial charge >= 0.3 is 5.69 Å². The van der Waals surface area contributed by atoms with Crippen LogP contribution in [0.5, 0.6) is 0 Å². The Hall–Kier alpha value is -3.20. The van der Waals surface area contributed by atoms with E-state index < -0.39 is 29.1 Å². The molecule has 0 saturated heterocycles. The van der Waals surface area contributed by atoms with E-state index >= 15 is 0 Å². The predicted molar refractivity (Wildman–Crippen MR) is 106 cm³/mol. The van der Waals surface area contributed by atoms with Gasteiger partial charge in [0.2, 0.25) is 0 Å². The van der Waals surface area contributed by atoms with Crippen molar-refractivity contribution in [3.8, 4) is 0 Å². The van der Waals surface area contributed by atoms with Crippen molar-refractivity contribution in [3.63, 3.8) is 0 Å². The number of fused-ring (bicyclic) bond motifs is 1. The van der Waals surface area contributed by atoms with Crippen LogP contribution in [-0.4, -0.2) is 24.5 Å². The van der Waals surface area contributed by atoms with Gasteiger partial charge in [-0.05, 0) is 24.6 Å². The molecule has 0 spiro atoms. The maximum atomic E-state index is 12.8. The van der Waals surface area contributed by atoms with Crippen LogP contribution in [-0.2, 0) is 20.1 Å². The van der Waals surface area contributed by atoms with Gasteiger partial charge in [-0.3, -0.25) is 28.1 Å². The molecule has 3 aromatic rings. The van der Waals surface area contributed by atoms with Crippen LogP contribution in [0.4, 0.5) is 5.82 Å². The van der Waals surface area contributed by atoms with Crippen LogP contribution in [0.2, 0.25) is 5.02 Å². The number of Topliss-reactive ketones (excluding diaryl/α,β-unsaturated/α-hetero) is 1. The highest BCUT2D eigenvalue weighted by atomic mass is 35.5. The van der Waals surface area contributed by atoms with Crippen molar-refractivity contribution in [3.05, 3.63) is 66.3 Å². The Morgan fingerprint density at radius 1 is 1.21 bits per heavy atom. The SMILES string of the molecule is CCCn1c(N)c(C(=O)Cn2cnc3cc(Cl)ccc3c2=O)c(=O)n(C)c1=O. The third-order valence-corrected chi connectivity index (χ3v) is 4.65. The minimum Gasteiger partial charge on any atom is -0.384 e. The summed E-state index contributed by atoms with van der Waals surface area (Å²) in [7, 11) is 1.28. The average molecular weight is 404 g/mol. The fourth-order valence-electron chi connectivity index (χ4n) is 2.96. The van der Waals surface area contributed by atoms with Gasteiger partial charge in [-0.2, -0.15) is 0 Å². The molecule has 0 atom stereocenters. The summed E-state index contributed by atoms with van der Waals surface area (Å²) in [6, 6.07) is 4.61. The number of benzene rings is 1. The largest absolute Gasteiger partial charge is 0.384 e. The van der Waals surface area contributed by atoms with Crippen molar-refractivity contribution >= 4 is 34.1 Å². The lowest BCUT2D eigenvalue weighted by Crippen LogP contribution is -2.43. The highest BCUT2D eigenvalue weighted by Gasteiger charge is 2.22. The normalized spacial score (nSPS) is 11.1. The number of anilines is 1. The van der Waals surface area contributed by atoms with E-state index in [0.29, 0.717) is 17.0 Å². The summed E-state index contributed by atoms with van der Waals surface area (Å²) in [5.74, 6) is -0.881. The van der Waals surface area contributed by atoms with Crippen molar-refractivity contribution in [2.24, 2.45) is 7.05 Å². The molecule has 0 aliphatic carbocycles. The fraction of sp³-hybridized carbons (Fsp3) is 0.278. The van der Waals surface area contributed by atoms with Gasteiger partial charge in [-0.25, -0.2) is 9.78 Å². The van der Waals surface area contributed by atoms with Gasteiger partial charge < -0.3 is 5.73 Å². The second-order valence-electron chi connectivity index (χ2n) is 6.32. The molecule has 9 nitrogen and oxygen atoms in total. The van der Waals surface area contributed by atoms with Crippen LogP contribution < -0.4 is 22.5 Å². The number of nitrogens with two attached hydrogens (primary N) is 1. The van der Waals surface area contributed by atoms with E-state index in [1.165, 1.54) is 24.0 Å². The average Bonchev–Trinajstić information content (AvgIpc) is 2.66. The standard InChI is InChI=1S/C18H18ClN5O4/c1-3-6-24-15(20)14(17(27)22(2)18(24)28)13(25)8-23-9-21-12-7-10(19)4-5-11(12)16(23)26/h4-5,7,9H,3,6,8,20H2,1-2H3. The van der Waals surface area contributed by atoms with Gasteiger partial charge in [0.05, 0.1) is 23.8 Å². The quantitative estimate of drug-likeness (QED) is 0.628. The summed E-state index contributed by atoms with van der Waals surface area (Å²) in [5, 5.41) is 0.721. The van der Waals surface area contributed by atoms with Crippen LogP contribution in [0.25, 0.3) is 10.9 Å². The zero-order valence-electron chi connectivity index (χ0n) is 15.3. The lowest BCUT2D eigenvalue weighted by molar-refractivity contribution is 0.0968. The van der Waals surface area contributed by atoms with Gasteiger partial charge in [0, 0.05) is 18.6 Å². The lowest BCUT2D eigenvalue weighted by Gasteiger charge is -2.14. The molecular weight excluding hydrogens is 386 g/mol. The first-order valence-corrected chi connectivity index (χ1v) is 8.91. The highest BCUT2D eigenvalue weighted by molar-refractivity contribution is 6.31. The van der Waals surface area contributed by atoms with Crippen LogP contribution in [0.3, 0.4) is 0 Å². The van der Waals surface area contributed by atoms with Gasteiger partial charge in [0.25, 0.3) is 11.1 Å². The van der Waals surface area contributed by atoms with Gasteiger partial charge in [-0.15, -0.1) is 0 Å². The number of nitrogen functional groups attached to an aromatic ring is 1. The second kappa shape index (κ2) is 7.43. The summed E-state index contributed by atoms with van der Waals surface area (Å²) in [6.45, 7) is 1.66. The number of hydrogen-bond acceptors (Lipinski definition) is 6. The Morgan fingerprint density at radius 3 is 2.61 bits per heavy atom. The van der Waals surface area contributed by atoms with Crippen LogP contribution in [0, 0.1) is 0 Å². The number of rotatable bonds is 5. The Balaban J connectivity index is 2.10. The summed E-state index contributed by atoms with van der Waals surface area (Å²) in [5.41, 5.74) is 4.18. The first-order valence-electron chi connectivity index (χ1n) is 8.53. The molecule has 0 amide bonds. The van der Waals surface area contributed by atoms with Crippen molar-refractivity contribution in [1.29, 1.82) is 0 Å². The summed E-state index contributed by atoms with van der Waals surface area (Å²) in [4.78, 5) is 54.2. The van der Waals surface area contributed by atoms with E-state index in [0.717, 1.165) is 9.13 Å². The fourth-order valence-corrected chi connectivity index (χ4v) is 3.13. The topological polar surface area (TPSA) is 122 Å². The maximum Gasteiger partial charge on any atom is 0.332 e. The summed E-state index contributed by atoms with van der Waals surface area (Å²) in [6.07, 6.45) is 1.80. The van der Waals surface area contributed by atoms with Crippen LogP contribution in [0.15, 0.2) is 38.9 Å². The molecule has 0 fully saturated rings. The van der Waals surface area contributed by atoms with E-state index in [2.05, 4.69) is 4.98 Å². The molecule has 0 saturated carbocycles. The van der Waals surface area contributed by atoms with Gasteiger partial charge in [0.15, 0.2) is 5.78 Å². The number of carbonyl (C=O) groups excluding carboxylic acids is 1. The molecule has 0 bridgehead atoms. The minimum absolute atomic E-state index is 0.200. The molecule has 1 aromatic carbocycles. The lowest BCUT2D eigenvalue weighted by atomic mass is 10.1. The number of carbonyl (C=O) groups is 1. The molecule has 3 rings (SSSR count). The number of nitrogens with zero attached hydrogens (tertiary/aromatic N) is 4. The van der Waals surface area contributed by atoms with E-state index in [1.807, 2.05) is 6.92 Å². The molecule has 0 aliphatic heterocycles. The molecule has 10 heteroatoms. The monoisotopic (exact) mass is 403 g/mol. The third-order valence-electron chi connectivity index (χ3n) is 4.41. The predicted octanol–water partition coefficient (Wildman–Crippen LogP) is 0.785. The van der Waals surface area contributed by atoms with Crippen LogP contribution in [0.1, 0.15) is 23.7 Å². The van der Waals surface area contributed by atoms with E-state index in [4.69, 9.17) is 17.3 Å². The zero-order chi connectivity index (χ0) is 20.6. The van der Waals surface area contributed by atoms with E-state index in [1.54, 1.807) is 12.1 Å². The maximum absolute atomic E-state index is 12.8. The number of hydrogen-bond donors (Lipinski definition) is 1. The zero-order valence-corrected chi connectivity index (χ0v) is 16.1. The Bertz CT molecular complexity index is 1270. The molecule has 2 heterocycles. The highest BCUT2D eigenvalue weighted by Crippen LogP contribution is 2.14. The number of aromatic nitrogens is 4. The molecule has 146 valence electrons. The first-order chi connectivity index (χ1) is 13.3. The second-order valence-corrected chi connectivity index (χ2v) is 6.76. The molecule has 0 unspecified atom stereocenters. The smallest absolute Gasteiger partial charge is 0.332 e. The molecule has 0 aliphatic rings. The summed E-state index contributed by atoms with van der Waals surface area (Å²) >= 11 is 5.90. The molecule has 0 radical (unpaired) electrons. The van der Waals surface area contributed by atoms with Crippen molar-refractivity contribution in [2.45, 2.75) is 26.4 Å². The van der Waals surface area contributed by atoms with Gasteiger partial charge in [0.1, 0.15) is 11.4 Å². The van der Waals surface area contributed by atoms with Crippen molar-refractivity contribution in [2.75, 3.05) is 5.73 Å². The number of ketones is 1. The molecular formula is C18H18ClN5O4. The Morgan fingerprint density at radius 2 is 1.93 bits per heavy atom. The molecule has 2 N–H and O–H groups in total. The van der Waals surface area contributed by atoms with Crippen molar-refractivity contribution in [1.82, 2.24) is 18.7 Å². The molecule has 2 aromatic heterocycles. The first kappa shape index (κ1) is 19.6. The van der Waals surface area contributed by atoms with Gasteiger partial charge in [-0.1, -0.05) is 18.5 Å². The third kappa shape index (κ3) is 3.24.